The number of carbonyl (C=O) groups excluding carboxylic acids is 1. The van der Waals surface area contributed by atoms with Crippen LogP contribution in [-0.4, -0.2) is 17.4 Å². The second-order valence-corrected chi connectivity index (χ2v) is 6.15. The molecule has 1 aromatic rings. The Morgan fingerprint density at radius 2 is 2.10 bits per heavy atom. The summed E-state index contributed by atoms with van der Waals surface area (Å²) in [7, 11) is 0. The Balaban J connectivity index is 1.99. The molecule has 0 unspecified atom stereocenters. The first kappa shape index (κ1) is 15.1. The molecule has 1 aliphatic carbocycles. The van der Waals surface area contributed by atoms with E-state index in [-0.39, 0.29) is 16.5 Å². The van der Waals surface area contributed by atoms with Crippen molar-refractivity contribution >= 4 is 23.3 Å². The molecule has 1 aromatic heterocycles. The van der Waals surface area contributed by atoms with Crippen LogP contribution in [0.2, 0.25) is 5.15 Å². The van der Waals surface area contributed by atoms with E-state index in [0.717, 1.165) is 0 Å². The van der Waals surface area contributed by atoms with Crippen molar-refractivity contribution in [3.05, 3.63) is 22.8 Å². The summed E-state index contributed by atoms with van der Waals surface area (Å²) < 4.78 is 0. The molecular weight excluding hydrogens is 276 g/mol. The predicted molar refractivity (Wildman–Crippen MR) is 80.6 cm³/mol. The van der Waals surface area contributed by atoms with Crippen LogP contribution in [0.1, 0.15) is 49.4 Å². The minimum Gasteiger partial charge on any atom is -0.351 e. The fourth-order valence-electron chi connectivity index (χ4n) is 2.68. The average Bonchev–Trinajstić information content (AvgIpc) is 2.45. The lowest BCUT2D eigenvalue weighted by Gasteiger charge is -2.33. The summed E-state index contributed by atoms with van der Waals surface area (Å²) in [6, 6.07) is 3.13. The minimum atomic E-state index is -0.141. The number of hydrogen-bond acceptors (Lipinski definition) is 4. The van der Waals surface area contributed by atoms with Gasteiger partial charge in [-0.15, -0.1) is 0 Å². The molecule has 5 nitrogen and oxygen atoms in total. The molecule has 1 heterocycles. The molecule has 0 saturated heterocycles. The maximum absolute atomic E-state index is 12.2. The third-order valence-electron chi connectivity index (χ3n) is 3.94. The number of carbonyl (C=O) groups is 1. The van der Waals surface area contributed by atoms with E-state index in [1.165, 1.54) is 32.1 Å². The Morgan fingerprint density at radius 1 is 1.40 bits per heavy atom. The standard InChI is InChI=1S/C14H21ClN4O/c1-14(5-3-2-4-6-14)9-17-13(20)10-7-11(15)18-12(8-10)19-16/h7-8H,2-6,9,16H2,1H3,(H,17,20)(H,18,19). The van der Waals surface area contributed by atoms with Crippen LogP contribution in [0.5, 0.6) is 0 Å². The monoisotopic (exact) mass is 296 g/mol. The summed E-state index contributed by atoms with van der Waals surface area (Å²) in [5.74, 6) is 5.54. The molecule has 0 atom stereocenters. The van der Waals surface area contributed by atoms with Gasteiger partial charge in [0, 0.05) is 12.1 Å². The van der Waals surface area contributed by atoms with Crippen LogP contribution in [0.15, 0.2) is 12.1 Å². The molecular formula is C14H21ClN4O. The van der Waals surface area contributed by atoms with E-state index >= 15 is 0 Å². The SMILES string of the molecule is CC1(CNC(=O)c2cc(Cl)nc(NN)c2)CCCCC1. The molecule has 1 aliphatic rings. The number of nitrogens with zero attached hydrogens (tertiary/aromatic N) is 1. The average molecular weight is 297 g/mol. The summed E-state index contributed by atoms with van der Waals surface area (Å²) in [6.45, 7) is 2.93. The number of hydrazine groups is 1. The number of nitrogens with two attached hydrogens (primary N) is 1. The van der Waals surface area contributed by atoms with Gasteiger partial charge in [0.05, 0.1) is 0 Å². The Morgan fingerprint density at radius 3 is 2.75 bits per heavy atom. The fourth-order valence-corrected chi connectivity index (χ4v) is 2.89. The third-order valence-corrected chi connectivity index (χ3v) is 4.13. The highest BCUT2D eigenvalue weighted by Gasteiger charge is 2.27. The lowest BCUT2D eigenvalue weighted by atomic mass is 9.76. The van der Waals surface area contributed by atoms with Crippen molar-refractivity contribution in [2.75, 3.05) is 12.0 Å². The molecule has 0 spiro atoms. The molecule has 1 fully saturated rings. The number of nitrogen functional groups attached to an aromatic ring is 1. The zero-order valence-corrected chi connectivity index (χ0v) is 12.5. The summed E-state index contributed by atoms with van der Waals surface area (Å²) in [4.78, 5) is 16.1. The Kier molecular flexibility index (Phi) is 4.83. The number of rotatable bonds is 4. The van der Waals surface area contributed by atoms with E-state index in [4.69, 9.17) is 17.4 Å². The summed E-state index contributed by atoms with van der Waals surface area (Å²) in [5.41, 5.74) is 3.08. The van der Waals surface area contributed by atoms with E-state index in [1.54, 1.807) is 12.1 Å². The number of anilines is 1. The summed E-state index contributed by atoms with van der Waals surface area (Å²) in [5, 5.41) is 3.24. The first-order chi connectivity index (χ1) is 9.52. The Hall–Kier alpha value is -1.33. The molecule has 1 amide bonds. The third kappa shape index (κ3) is 3.84. The van der Waals surface area contributed by atoms with Gasteiger partial charge in [-0.3, -0.25) is 4.79 Å². The number of aromatic nitrogens is 1. The van der Waals surface area contributed by atoms with Gasteiger partial charge in [-0.1, -0.05) is 37.8 Å². The van der Waals surface area contributed by atoms with Gasteiger partial charge in [-0.05, 0) is 30.4 Å². The van der Waals surface area contributed by atoms with Crippen molar-refractivity contribution in [3.63, 3.8) is 0 Å². The topological polar surface area (TPSA) is 80.0 Å². The molecule has 20 heavy (non-hydrogen) atoms. The van der Waals surface area contributed by atoms with Crippen LogP contribution in [0, 0.1) is 5.41 Å². The van der Waals surface area contributed by atoms with E-state index in [1.807, 2.05) is 0 Å². The van der Waals surface area contributed by atoms with Crippen molar-refractivity contribution in [2.45, 2.75) is 39.0 Å². The van der Waals surface area contributed by atoms with Crippen molar-refractivity contribution in [1.82, 2.24) is 10.3 Å². The van der Waals surface area contributed by atoms with Crippen molar-refractivity contribution < 1.29 is 4.79 Å². The number of amides is 1. The molecule has 1 saturated carbocycles. The minimum absolute atomic E-state index is 0.141. The second kappa shape index (κ2) is 6.41. The molecule has 0 aliphatic heterocycles. The lowest BCUT2D eigenvalue weighted by Crippen LogP contribution is -2.37. The zero-order chi connectivity index (χ0) is 14.6. The Bertz CT molecular complexity index is 486. The van der Waals surface area contributed by atoms with E-state index in [2.05, 4.69) is 22.7 Å². The van der Waals surface area contributed by atoms with Gasteiger partial charge in [0.25, 0.3) is 5.91 Å². The van der Waals surface area contributed by atoms with Crippen LogP contribution in [0.25, 0.3) is 0 Å². The Labute approximate surface area is 124 Å². The van der Waals surface area contributed by atoms with Crippen LogP contribution < -0.4 is 16.6 Å². The lowest BCUT2D eigenvalue weighted by molar-refractivity contribution is 0.0919. The first-order valence-electron chi connectivity index (χ1n) is 6.95. The van der Waals surface area contributed by atoms with Crippen LogP contribution in [-0.2, 0) is 0 Å². The molecule has 4 N–H and O–H groups in total. The molecule has 0 bridgehead atoms. The van der Waals surface area contributed by atoms with Gasteiger partial charge in [-0.2, -0.15) is 0 Å². The van der Waals surface area contributed by atoms with Crippen molar-refractivity contribution in [3.8, 4) is 0 Å². The second-order valence-electron chi connectivity index (χ2n) is 5.76. The maximum atomic E-state index is 12.2. The molecule has 6 heteroatoms. The van der Waals surface area contributed by atoms with Gasteiger partial charge >= 0.3 is 0 Å². The number of halogens is 1. The molecule has 110 valence electrons. The largest absolute Gasteiger partial charge is 0.351 e. The van der Waals surface area contributed by atoms with Crippen molar-refractivity contribution in [2.24, 2.45) is 11.3 Å². The summed E-state index contributed by atoms with van der Waals surface area (Å²) in [6.07, 6.45) is 6.12. The highest BCUT2D eigenvalue weighted by Crippen LogP contribution is 2.34. The predicted octanol–water partition coefficient (Wildman–Crippen LogP) is 2.72. The first-order valence-corrected chi connectivity index (χ1v) is 7.33. The fraction of sp³-hybridized carbons (Fsp3) is 0.571. The number of pyridine rings is 1. The van der Waals surface area contributed by atoms with Gasteiger partial charge in [0.1, 0.15) is 11.0 Å². The van der Waals surface area contributed by atoms with E-state index < -0.39 is 0 Å². The molecule has 0 radical (unpaired) electrons. The van der Waals surface area contributed by atoms with Gasteiger partial charge in [0.15, 0.2) is 0 Å². The highest BCUT2D eigenvalue weighted by atomic mass is 35.5. The van der Waals surface area contributed by atoms with Crippen LogP contribution in [0.3, 0.4) is 0 Å². The normalized spacial score (nSPS) is 17.6. The molecule has 0 aromatic carbocycles. The van der Waals surface area contributed by atoms with Crippen LogP contribution >= 0.6 is 11.6 Å². The quantitative estimate of drug-likeness (QED) is 0.453. The number of hydrogen-bond donors (Lipinski definition) is 3. The van der Waals surface area contributed by atoms with Gasteiger partial charge in [-0.25, -0.2) is 10.8 Å². The zero-order valence-electron chi connectivity index (χ0n) is 11.7. The molecule has 2 rings (SSSR count). The van der Waals surface area contributed by atoms with Crippen molar-refractivity contribution in [1.29, 1.82) is 0 Å². The smallest absolute Gasteiger partial charge is 0.251 e. The maximum Gasteiger partial charge on any atom is 0.251 e. The van der Waals surface area contributed by atoms with Gasteiger partial charge < -0.3 is 10.7 Å². The van der Waals surface area contributed by atoms with Gasteiger partial charge in [0.2, 0.25) is 0 Å². The van der Waals surface area contributed by atoms with E-state index in [0.29, 0.717) is 17.9 Å². The highest BCUT2D eigenvalue weighted by molar-refractivity contribution is 6.29. The van der Waals surface area contributed by atoms with E-state index in [9.17, 15) is 4.79 Å². The number of nitrogens with one attached hydrogen (secondary N) is 2. The summed E-state index contributed by atoms with van der Waals surface area (Å²) >= 11 is 5.86. The van der Waals surface area contributed by atoms with Crippen LogP contribution in [0.4, 0.5) is 5.82 Å².